The molecule has 0 aliphatic carbocycles. The van der Waals surface area contributed by atoms with E-state index in [9.17, 15) is 4.79 Å². The molecule has 0 unspecified atom stereocenters. The zero-order valence-corrected chi connectivity index (χ0v) is 9.49. The van der Waals surface area contributed by atoms with Gasteiger partial charge in [0.05, 0.1) is 19.8 Å². The first-order valence-electron chi connectivity index (χ1n) is 4.28. The third kappa shape index (κ3) is 2.43. The van der Waals surface area contributed by atoms with Crippen LogP contribution in [0.4, 0.5) is 0 Å². The number of ether oxygens (including phenoxy) is 2. The predicted molar refractivity (Wildman–Crippen MR) is 58.5 cm³/mol. The van der Waals surface area contributed by atoms with Gasteiger partial charge in [-0.15, -0.1) is 0 Å². The van der Waals surface area contributed by atoms with E-state index in [0.29, 0.717) is 5.75 Å². The van der Waals surface area contributed by atoms with E-state index >= 15 is 0 Å². The maximum atomic E-state index is 11.4. The van der Waals surface area contributed by atoms with E-state index in [1.165, 1.54) is 26.4 Å². The van der Waals surface area contributed by atoms with Crippen molar-refractivity contribution < 1.29 is 19.5 Å². The third-order valence-corrected chi connectivity index (χ3v) is 2.22. The van der Waals surface area contributed by atoms with Gasteiger partial charge in [0.1, 0.15) is 5.75 Å². The highest BCUT2D eigenvalue weighted by atomic mass is 35.5. The lowest BCUT2D eigenvalue weighted by molar-refractivity contribution is 0.0600. The van der Waals surface area contributed by atoms with Gasteiger partial charge in [-0.2, -0.15) is 0 Å². The van der Waals surface area contributed by atoms with Gasteiger partial charge in [-0.1, -0.05) is 16.8 Å². The molecule has 0 radical (unpaired) electrons. The molecule has 0 spiro atoms. The topological polar surface area (TPSA) is 68.1 Å². The summed E-state index contributed by atoms with van der Waals surface area (Å²) in [6.45, 7) is 0. The normalized spacial score (nSPS) is 11.1. The summed E-state index contributed by atoms with van der Waals surface area (Å²) < 4.78 is 9.55. The number of hydrogen-bond donors (Lipinski definition) is 1. The lowest BCUT2D eigenvalue weighted by Crippen LogP contribution is -2.08. The number of nitrogens with zero attached hydrogens (tertiary/aromatic N) is 1. The summed E-state index contributed by atoms with van der Waals surface area (Å²) in [4.78, 5) is 11.4. The number of esters is 1. The summed E-state index contributed by atoms with van der Waals surface area (Å²) in [5.74, 6) is -0.109. The summed E-state index contributed by atoms with van der Waals surface area (Å²) in [6.07, 6.45) is 0. The minimum Gasteiger partial charge on any atom is -0.497 e. The van der Waals surface area contributed by atoms with Gasteiger partial charge in [0.25, 0.3) is 0 Å². The second kappa shape index (κ2) is 5.37. The first-order valence-corrected chi connectivity index (χ1v) is 4.66. The Kier molecular flexibility index (Phi) is 4.13. The average Bonchev–Trinajstić information content (AvgIpc) is 2.36. The maximum absolute atomic E-state index is 11.4. The van der Waals surface area contributed by atoms with Crippen LogP contribution in [0.15, 0.2) is 23.4 Å². The first-order chi connectivity index (χ1) is 7.63. The molecule has 1 rings (SSSR count). The second-order valence-corrected chi connectivity index (χ2v) is 3.15. The average molecular weight is 244 g/mol. The molecular formula is C10H10ClNO4. The summed E-state index contributed by atoms with van der Waals surface area (Å²) in [7, 11) is 2.72. The number of halogens is 1. The number of carbonyl (C=O) groups is 1. The standard InChI is InChI=1S/C10H10ClNO4/c1-15-6-3-4-7(9(11)12-14)8(5-6)10(13)16-2/h3-5,14H,1-2H3/b12-9-. The summed E-state index contributed by atoms with van der Waals surface area (Å²) in [5, 5.41) is 11.2. The van der Waals surface area contributed by atoms with Gasteiger partial charge < -0.3 is 14.7 Å². The van der Waals surface area contributed by atoms with E-state index in [-0.39, 0.29) is 16.3 Å². The molecule has 0 saturated carbocycles. The van der Waals surface area contributed by atoms with Crippen molar-refractivity contribution in [1.82, 2.24) is 0 Å². The monoisotopic (exact) mass is 243 g/mol. The van der Waals surface area contributed by atoms with E-state index in [4.69, 9.17) is 21.5 Å². The van der Waals surface area contributed by atoms with Gasteiger partial charge in [0.2, 0.25) is 0 Å². The van der Waals surface area contributed by atoms with Crippen LogP contribution < -0.4 is 4.74 Å². The van der Waals surface area contributed by atoms with Gasteiger partial charge in [-0.25, -0.2) is 4.79 Å². The second-order valence-electron chi connectivity index (χ2n) is 2.79. The molecule has 0 fully saturated rings. The van der Waals surface area contributed by atoms with Crippen molar-refractivity contribution in [2.45, 2.75) is 0 Å². The van der Waals surface area contributed by atoms with Crippen LogP contribution >= 0.6 is 11.6 Å². The molecular weight excluding hydrogens is 234 g/mol. The Morgan fingerprint density at radius 3 is 2.56 bits per heavy atom. The van der Waals surface area contributed by atoms with Crippen molar-refractivity contribution >= 4 is 22.7 Å². The molecule has 5 nitrogen and oxygen atoms in total. The fraction of sp³-hybridized carbons (Fsp3) is 0.200. The molecule has 0 aliphatic rings. The van der Waals surface area contributed by atoms with Crippen LogP contribution in [0.25, 0.3) is 0 Å². The summed E-state index contributed by atoms with van der Waals surface area (Å²) in [6, 6.07) is 4.55. The molecule has 0 aromatic heterocycles. The minimum absolute atomic E-state index is 0.171. The quantitative estimate of drug-likeness (QED) is 0.381. The molecule has 6 heteroatoms. The van der Waals surface area contributed by atoms with Crippen LogP contribution in [0.2, 0.25) is 0 Å². The smallest absolute Gasteiger partial charge is 0.338 e. The Labute approximate surface area is 97.2 Å². The SMILES string of the molecule is COC(=O)c1cc(OC)ccc1/C(Cl)=N/O. The van der Waals surface area contributed by atoms with Crippen LogP contribution in [0, 0.1) is 0 Å². The van der Waals surface area contributed by atoms with Gasteiger partial charge in [-0.05, 0) is 18.2 Å². The predicted octanol–water partition coefficient (Wildman–Crippen LogP) is 1.86. The molecule has 0 atom stereocenters. The van der Waals surface area contributed by atoms with Crippen molar-refractivity contribution in [2.75, 3.05) is 14.2 Å². The zero-order valence-electron chi connectivity index (χ0n) is 8.73. The number of methoxy groups -OCH3 is 2. The zero-order chi connectivity index (χ0) is 12.1. The Morgan fingerprint density at radius 2 is 2.06 bits per heavy atom. The lowest BCUT2D eigenvalue weighted by atomic mass is 10.1. The van der Waals surface area contributed by atoms with Gasteiger partial charge >= 0.3 is 5.97 Å². The fourth-order valence-electron chi connectivity index (χ4n) is 1.16. The highest BCUT2D eigenvalue weighted by molar-refractivity contribution is 6.69. The van der Waals surface area contributed by atoms with Crippen molar-refractivity contribution in [2.24, 2.45) is 5.16 Å². The van der Waals surface area contributed by atoms with Crippen molar-refractivity contribution in [3.8, 4) is 5.75 Å². The van der Waals surface area contributed by atoms with Gasteiger partial charge in [0.15, 0.2) is 5.17 Å². The molecule has 0 saturated heterocycles. The largest absolute Gasteiger partial charge is 0.497 e. The van der Waals surface area contributed by atoms with E-state index in [0.717, 1.165) is 0 Å². The first kappa shape index (κ1) is 12.3. The summed E-state index contributed by atoms with van der Waals surface area (Å²) in [5.41, 5.74) is 0.446. The Hall–Kier alpha value is -1.75. The van der Waals surface area contributed by atoms with Gasteiger partial charge in [-0.3, -0.25) is 0 Å². The number of hydrogen-bond acceptors (Lipinski definition) is 5. The Morgan fingerprint density at radius 1 is 1.38 bits per heavy atom. The minimum atomic E-state index is -0.587. The van der Waals surface area contributed by atoms with Gasteiger partial charge in [0, 0.05) is 5.56 Å². The molecule has 86 valence electrons. The van der Waals surface area contributed by atoms with Crippen LogP contribution in [0.3, 0.4) is 0 Å². The molecule has 1 N–H and O–H groups in total. The molecule has 0 amide bonds. The fourth-order valence-corrected chi connectivity index (χ4v) is 1.33. The Bertz CT molecular complexity index is 431. The Balaban J connectivity index is 3.32. The molecule has 1 aromatic rings. The highest BCUT2D eigenvalue weighted by Gasteiger charge is 2.16. The van der Waals surface area contributed by atoms with Crippen LogP contribution in [-0.2, 0) is 4.74 Å². The maximum Gasteiger partial charge on any atom is 0.338 e. The number of oxime groups is 1. The number of benzene rings is 1. The molecule has 1 aromatic carbocycles. The molecule has 0 heterocycles. The molecule has 16 heavy (non-hydrogen) atoms. The van der Waals surface area contributed by atoms with E-state index < -0.39 is 5.97 Å². The van der Waals surface area contributed by atoms with Crippen molar-refractivity contribution in [3.05, 3.63) is 29.3 Å². The van der Waals surface area contributed by atoms with Crippen LogP contribution in [0.1, 0.15) is 15.9 Å². The van der Waals surface area contributed by atoms with Crippen LogP contribution in [-0.4, -0.2) is 30.6 Å². The molecule has 0 aliphatic heterocycles. The molecule has 0 bridgehead atoms. The number of rotatable bonds is 3. The number of carbonyl (C=O) groups excluding carboxylic acids is 1. The van der Waals surface area contributed by atoms with E-state index in [2.05, 4.69) is 9.89 Å². The van der Waals surface area contributed by atoms with Crippen molar-refractivity contribution in [3.63, 3.8) is 0 Å². The van der Waals surface area contributed by atoms with E-state index in [1.54, 1.807) is 6.07 Å². The lowest BCUT2D eigenvalue weighted by Gasteiger charge is -2.07. The van der Waals surface area contributed by atoms with Crippen molar-refractivity contribution in [1.29, 1.82) is 0 Å². The van der Waals surface area contributed by atoms with Crippen LogP contribution in [0.5, 0.6) is 5.75 Å². The highest BCUT2D eigenvalue weighted by Crippen LogP contribution is 2.20. The summed E-state index contributed by atoms with van der Waals surface area (Å²) >= 11 is 5.64. The van der Waals surface area contributed by atoms with E-state index in [1.807, 2.05) is 0 Å². The third-order valence-electron chi connectivity index (χ3n) is 1.94.